The quantitative estimate of drug-likeness (QED) is 0.124. The van der Waals surface area contributed by atoms with Gasteiger partial charge in [-0.05, 0) is 152 Å². The highest BCUT2D eigenvalue weighted by Crippen LogP contribution is 2.28. The third-order valence-electron chi connectivity index (χ3n) is 10.5. The number of nitrogens with one attached hydrogen (secondary N) is 6. The van der Waals surface area contributed by atoms with E-state index in [0.29, 0.717) is 49.1 Å². The van der Waals surface area contributed by atoms with E-state index in [1.807, 2.05) is 48.5 Å². The van der Waals surface area contributed by atoms with Crippen LogP contribution in [-0.2, 0) is 19.1 Å². The molecule has 0 radical (unpaired) electrons. The van der Waals surface area contributed by atoms with Crippen molar-refractivity contribution in [1.29, 1.82) is 0 Å². The fourth-order valence-corrected chi connectivity index (χ4v) is 6.90. The average Bonchev–Trinajstić information content (AvgIpc) is 3.18. The second kappa shape index (κ2) is 20.9. The minimum Gasteiger partial charge on any atom is -0.444 e. The van der Waals surface area contributed by atoms with Crippen molar-refractivity contribution in [2.24, 2.45) is 0 Å². The van der Waals surface area contributed by atoms with Crippen molar-refractivity contribution in [3.8, 4) is 0 Å². The maximum atomic E-state index is 13.5. The summed E-state index contributed by atoms with van der Waals surface area (Å²) in [7, 11) is 0. The van der Waals surface area contributed by atoms with Crippen LogP contribution >= 0.6 is 0 Å². The molecule has 338 valence electrons. The Bertz CT molecular complexity index is 1980. The Hall–Kier alpha value is -5.70. The van der Waals surface area contributed by atoms with Gasteiger partial charge >= 0.3 is 18.2 Å². The molecule has 5 rings (SSSR count). The number of amides is 6. The Kier molecular flexibility index (Phi) is 16.5. The van der Waals surface area contributed by atoms with Crippen LogP contribution in [0, 0.1) is 5.82 Å². The summed E-state index contributed by atoms with van der Waals surface area (Å²) in [5.74, 6) is -0.176. The number of likely N-dealkylation sites (tertiary alicyclic amines) is 1. The monoisotopic (exact) mass is 860 g/mol. The highest BCUT2D eigenvalue weighted by atomic mass is 19.1. The maximum absolute atomic E-state index is 13.5. The number of carbonyl (C=O) groups excluding carboxylic acids is 5. The zero-order chi connectivity index (χ0) is 45.9. The van der Waals surface area contributed by atoms with Gasteiger partial charge in [-0.3, -0.25) is 9.59 Å². The number of nitrogens with zero attached hydrogens (tertiary/aromatic N) is 1. The van der Waals surface area contributed by atoms with Crippen molar-refractivity contribution < 1.29 is 37.8 Å². The second-order valence-corrected chi connectivity index (χ2v) is 18.6. The standard InChI is InChI=1S/C27H35FN4O4.C20H31N3O3/c1-18(2)19-6-10-21(11-7-19)29-23(33)27(31-25(35)36-26(3,4)5)14-16-32(17-15-27)24(34)30-22-12-8-20(28)9-13-22;1-14(2)15-6-8-16(9-7-15)22-17(24)20(10-12-21-13-11-20)23-18(25)26-19(3,4)5/h6-13,18H,14-17H2,1-5H3,(H,29,33)(H,30,34)(H,31,35);6-9,14,21H,10-13H2,1-5H3,(H,22,24)(H,23,25). The summed E-state index contributed by atoms with van der Waals surface area (Å²) >= 11 is 0. The Labute approximate surface area is 365 Å². The third-order valence-corrected chi connectivity index (χ3v) is 10.5. The summed E-state index contributed by atoms with van der Waals surface area (Å²) in [6, 6.07) is 20.5. The summed E-state index contributed by atoms with van der Waals surface area (Å²) < 4.78 is 23.9. The van der Waals surface area contributed by atoms with Gasteiger partial charge in [0.2, 0.25) is 11.8 Å². The summed E-state index contributed by atoms with van der Waals surface area (Å²) in [6.07, 6.45) is 0.157. The highest BCUT2D eigenvalue weighted by molar-refractivity contribution is 6.01. The number of piperidine rings is 2. The second-order valence-electron chi connectivity index (χ2n) is 18.6. The van der Waals surface area contributed by atoms with Crippen LogP contribution in [0.4, 0.5) is 35.8 Å². The molecule has 2 fully saturated rings. The molecule has 3 aromatic rings. The summed E-state index contributed by atoms with van der Waals surface area (Å²) in [5.41, 5.74) is 0.602. The zero-order valence-electron chi connectivity index (χ0n) is 37.9. The van der Waals surface area contributed by atoms with Crippen LogP contribution in [0.3, 0.4) is 0 Å². The molecule has 0 atom stereocenters. The van der Waals surface area contributed by atoms with Gasteiger partial charge in [-0.15, -0.1) is 0 Å². The molecule has 6 amide bonds. The molecule has 0 aromatic heterocycles. The number of alkyl carbamates (subject to hydrolysis) is 2. The molecule has 0 aliphatic carbocycles. The van der Waals surface area contributed by atoms with Crippen molar-refractivity contribution >= 4 is 47.1 Å². The van der Waals surface area contributed by atoms with Gasteiger partial charge in [-0.2, -0.15) is 0 Å². The molecule has 0 bridgehead atoms. The lowest BCUT2D eigenvalue weighted by Gasteiger charge is -2.41. The molecule has 6 N–H and O–H groups in total. The molecule has 62 heavy (non-hydrogen) atoms. The summed E-state index contributed by atoms with van der Waals surface area (Å²) in [6.45, 7) is 20.9. The first kappa shape index (κ1) is 49.0. The van der Waals surface area contributed by atoms with Crippen molar-refractivity contribution in [3.05, 3.63) is 89.7 Å². The smallest absolute Gasteiger partial charge is 0.408 e. The maximum Gasteiger partial charge on any atom is 0.408 e. The van der Waals surface area contributed by atoms with Gasteiger partial charge in [0.15, 0.2) is 0 Å². The fraction of sp³-hybridized carbons (Fsp3) is 0.511. The van der Waals surface area contributed by atoms with Crippen LogP contribution in [0.15, 0.2) is 72.8 Å². The number of hydrogen-bond acceptors (Lipinski definition) is 8. The number of benzene rings is 3. The van der Waals surface area contributed by atoms with Crippen LogP contribution in [-0.4, -0.2) is 83.4 Å². The molecular weight excluding hydrogens is 794 g/mol. The van der Waals surface area contributed by atoms with Gasteiger partial charge in [0.25, 0.3) is 0 Å². The number of carbonyl (C=O) groups is 5. The van der Waals surface area contributed by atoms with E-state index in [1.54, 1.807) is 46.4 Å². The van der Waals surface area contributed by atoms with Gasteiger partial charge in [-0.1, -0.05) is 52.0 Å². The number of anilines is 3. The van der Waals surface area contributed by atoms with E-state index < -0.39 is 40.3 Å². The van der Waals surface area contributed by atoms with E-state index in [1.165, 1.54) is 29.8 Å². The Morgan fingerprint density at radius 1 is 0.581 bits per heavy atom. The zero-order valence-corrected chi connectivity index (χ0v) is 37.9. The van der Waals surface area contributed by atoms with Gasteiger partial charge in [0.05, 0.1) is 0 Å². The number of urea groups is 1. The first-order chi connectivity index (χ1) is 29.0. The van der Waals surface area contributed by atoms with Gasteiger partial charge in [0.1, 0.15) is 28.1 Å². The molecule has 2 saturated heterocycles. The van der Waals surface area contributed by atoms with E-state index in [9.17, 15) is 28.4 Å². The van der Waals surface area contributed by atoms with E-state index in [4.69, 9.17) is 9.47 Å². The lowest BCUT2D eigenvalue weighted by Crippen LogP contribution is -2.63. The van der Waals surface area contributed by atoms with Crippen LogP contribution in [0.1, 0.15) is 118 Å². The minimum absolute atomic E-state index is 0.193. The van der Waals surface area contributed by atoms with Crippen molar-refractivity contribution in [2.75, 3.05) is 42.1 Å². The van der Waals surface area contributed by atoms with Crippen LogP contribution < -0.4 is 31.9 Å². The lowest BCUT2D eigenvalue weighted by atomic mass is 9.86. The molecule has 2 heterocycles. The first-order valence-electron chi connectivity index (χ1n) is 21.4. The number of halogens is 1. The molecule has 2 aliphatic rings. The summed E-state index contributed by atoms with van der Waals surface area (Å²) in [4.78, 5) is 65.7. The Morgan fingerprint density at radius 2 is 0.935 bits per heavy atom. The van der Waals surface area contributed by atoms with E-state index in [0.717, 1.165) is 11.3 Å². The highest BCUT2D eigenvalue weighted by Gasteiger charge is 2.45. The minimum atomic E-state index is -1.26. The molecule has 0 unspecified atom stereocenters. The Morgan fingerprint density at radius 3 is 1.31 bits per heavy atom. The summed E-state index contributed by atoms with van der Waals surface area (Å²) in [5, 5.41) is 17.4. The molecule has 0 spiro atoms. The predicted octanol–water partition coefficient (Wildman–Crippen LogP) is 8.87. The number of hydrogen-bond donors (Lipinski definition) is 6. The van der Waals surface area contributed by atoms with Crippen molar-refractivity contribution in [2.45, 2.75) is 129 Å². The molecule has 2 aliphatic heterocycles. The predicted molar refractivity (Wildman–Crippen MR) is 241 cm³/mol. The number of ether oxygens (including phenoxy) is 2. The van der Waals surface area contributed by atoms with Crippen molar-refractivity contribution in [1.82, 2.24) is 20.9 Å². The Balaban J connectivity index is 0.000000287. The topological polar surface area (TPSA) is 179 Å². The largest absolute Gasteiger partial charge is 0.444 e. The SMILES string of the molecule is CC(C)c1ccc(NC(=O)C2(NC(=O)OC(C)(C)C)CCN(C(=O)Nc3ccc(F)cc3)CC2)cc1.CC(C)c1ccc(NC(=O)C2(NC(=O)OC(C)(C)C)CCNCC2)cc1. The van der Waals surface area contributed by atoms with Gasteiger partial charge < -0.3 is 46.3 Å². The normalized spacial score (nSPS) is 15.9. The molecule has 15 heteroatoms. The lowest BCUT2D eigenvalue weighted by molar-refractivity contribution is -0.124. The van der Waals surface area contributed by atoms with Crippen molar-refractivity contribution in [3.63, 3.8) is 0 Å². The number of rotatable bonds is 9. The fourth-order valence-electron chi connectivity index (χ4n) is 6.90. The van der Waals surface area contributed by atoms with Crippen LogP contribution in [0.5, 0.6) is 0 Å². The third kappa shape index (κ3) is 14.7. The first-order valence-corrected chi connectivity index (χ1v) is 21.4. The van der Waals surface area contributed by atoms with E-state index in [2.05, 4.69) is 59.6 Å². The molecule has 0 saturated carbocycles. The molecular formula is C47H66FN7O7. The van der Waals surface area contributed by atoms with Gasteiger partial charge in [0, 0.05) is 30.2 Å². The van der Waals surface area contributed by atoms with E-state index >= 15 is 0 Å². The molecule has 3 aromatic carbocycles. The van der Waals surface area contributed by atoms with Crippen LogP contribution in [0.2, 0.25) is 0 Å². The molecule has 14 nitrogen and oxygen atoms in total. The van der Waals surface area contributed by atoms with Gasteiger partial charge in [-0.25, -0.2) is 18.8 Å². The van der Waals surface area contributed by atoms with E-state index in [-0.39, 0.29) is 43.8 Å². The van der Waals surface area contributed by atoms with Crippen LogP contribution in [0.25, 0.3) is 0 Å². The average molecular weight is 860 g/mol.